The molecule has 1 atom stereocenters. The molecule has 1 rings (SSSR count). The molecule has 1 heterocycles. The summed E-state index contributed by atoms with van der Waals surface area (Å²) in [5, 5.41) is 0. The zero-order chi connectivity index (χ0) is 17.6. The van der Waals surface area contributed by atoms with Crippen molar-refractivity contribution in [2.24, 2.45) is 0 Å². The van der Waals surface area contributed by atoms with Crippen molar-refractivity contribution in [2.45, 2.75) is 70.8 Å². The highest BCUT2D eigenvalue weighted by molar-refractivity contribution is 8.76. The number of Topliss-reactive ketones (excluding diaryl/α,β-unsaturated/α-hetero) is 1. The minimum Gasteiger partial charge on any atom is -0.383 e. The van der Waals surface area contributed by atoms with Crippen LogP contribution in [-0.2, 0) is 14.3 Å². The van der Waals surface area contributed by atoms with Crippen LogP contribution >= 0.6 is 21.6 Å². The van der Waals surface area contributed by atoms with Crippen LogP contribution in [0.2, 0.25) is 0 Å². The summed E-state index contributed by atoms with van der Waals surface area (Å²) in [5.41, 5.74) is 0. The van der Waals surface area contributed by atoms with Gasteiger partial charge in [0.2, 0.25) is 5.91 Å². The zero-order valence-electron chi connectivity index (χ0n) is 15.3. The highest BCUT2D eigenvalue weighted by Crippen LogP contribution is 2.25. The van der Waals surface area contributed by atoms with E-state index in [4.69, 9.17) is 4.74 Å². The van der Waals surface area contributed by atoms with E-state index in [1.807, 2.05) is 26.5 Å². The fourth-order valence-corrected chi connectivity index (χ4v) is 5.20. The number of carbonyl (C=O) groups is 2. The number of rotatable bonds is 14. The molecule has 1 aliphatic heterocycles. The summed E-state index contributed by atoms with van der Waals surface area (Å²) < 4.78 is 5.20. The summed E-state index contributed by atoms with van der Waals surface area (Å²) in [6.07, 6.45) is 9.19. The largest absolute Gasteiger partial charge is 0.383 e. The lowest BCUT2D eigenvalue weighted by Crippen LogP contribution is -2.37. The molecule has 0 saturated carbocycles. The van der Waals surface area contributed by atoms with E-state index in [1.165, 1.54) is 18.6 Å². The quantitative estimate of drug-likeness (QED) is 0.334. The number of likely N-dealkylation sites (tertiary alicyclic amines) is 1. The molecule has 1 aliphatic rings. The predicted octanol–water partition coefficient (Wildman–Crippen LogP) is 4.32. The van der Waals surface area contributed by atoms with Gasteiger partial charge >= 0.3 is 0 Å². The number of amides is 1. The number of carbonyl (C=O) groups excluding carboxylic acids is 2. The number of hydrogen-bond donors (Lipinski definition) is 0. The first-order valence-corrected chi connectivity index (χ1v) is 11.7. The summed E-state index contributed by atoms with van der Waals surface area (Å²) in [4.78, 5) is 25.1. The first-order chi connectivity index (χ1) is 11.6. The van der Waals surface area contributed by atoms with E-state index in [1.54, 1.807) is 14.0 Å². The highest BCUT2D eigenvalue weighted by Gasteiger charge is 2.27. The Morgan fingerprint density at radius 1 is 1.04 bits per heavy atom. The lowest BCUT2D eigenvalue weighted by atomic mass is 10.1. The summed E-state index contributed by atoms with van der Waals surface area (Å²) in [7, 11) is 5.51. The van der Waals surface area contributed by atoms with E-state index in [0.29, 0.717) is 30.8 Å². The van der Waals surface area contributed by atoms with Gasteiger partial charge in [-0.05, 0) is 39.0 Å². The molecule has 1 unspecified atom stereocenters. The molecular formula is C18H33NO3S2. The lowest BCUT2D eigenvalue weighted by Gasteiger charge is -2.24. The van der Waals surface area contributed by atoms with Crippen molar-refractivity contribution in [3.05, 3.63) is 0 Å². The van der Waals surface area contributed by atoms with Crippen molar-refractivity contribution in [2.75, 3.05) is 31.8 Å². The number of ketones is 1. The molecule has 1 amide bonds. The Labute approximate surface area is 155 Å². The average Bonchev–Trinajstić information content (AvgIpc) is 3.01. The van der Waals surface area contributed by atoms with Crippen molar-refractivity contribution in [1.29, 1.82) is 0 Å². The molecule has 6 heteroatoms. The lowest BCUT2D eigenvalue weighted by molar-refractivity contribution is -0.132. The molecule has 0 spiro atoms. The van der Waals surface area contributed by atoms with Crippen LogP contribution in [-0.4, -0.2) is 54.4 Å². The second-order valence-corrected chi connectivity index (χ2v) is 9.15. The third kappa shape index (κ3) is 9.94. The smallest absolute Gasteiger partial charge is 0.222 e. The van der Waals surface area contributed by atoms with Crippen LogP contribution in [0.1, 0.15) is 64.7 Å². The van der Waals surface area contributed by atoms with Crippen LogP contribution in [0, 0.1) is 0 Å². The molecule has 4 nitrogen and oxygen atoms in total. The Balaban J connectivity index is 1.91. The molecule has 1 saturated heterocycles. The minimum absolute atomic E-state index is 0.297. The summed E-state index contributed by atoms with van der Waals surface area (Å²) in [6.45, 7) is 3.24. The van der Waals surface area contributed by atoms with Gasteiger partial charge in [-0.1, -0.05) is 34.4 Å². The van der Waals surface area contributed by atoms with Gasteiger partial charge in [0.25, 0.3) is 0 Å². The van der Waals surface area contributed by atoms with Crippen molar-refractivity contribution in [3.63, 3.8) is 0 Å². The van der Waals surface area contributed by atoms with Gasteiger partial charge in [0.15, 0.2) is 0 Å². The molecule has 1 fully saturated rings. The van der Waals surface area contributed by atoms with E-state index >= 15 is 0 Å². The third-order valence-electron chi connectivity index (χ3n) is 4.26. The van der Waals surface area contributed by atoms with Gasteiger partial charge < -0.3 is 14.4 Å². The maximum atomic E-state index is 12.2. The van der Waals surface area contributed by atoms with Crippen molar-refractivity contribution < 1.29 is 14.3 Å². The van der Waals surface area contributed by atoms with Gasteiger partial charge in [0.05, 0.1) is 12.6 Å². The first-order valence-electron chi connectivity index (χ1n) is 9.17. The van der Waals surface area contributed by atoms with Crippen molar-refractivity contribution in [1.82, 2.24) is 4.90 Å². The maximum Gasteiger partial charge on any atom is 0.222 e. The monoisotopic (exact) mass is 375 g/mol. The fourth-order valence-electron chi connectivity index (χ4n) is 2.96. The number of nitrogens with zero attached hydrogens (tertiary/aromatic N) is 1. The van der Waals surface area contributed by atoms with E-state index < -0.39 is 0 Å². The van der Waals surface area contributed by atoms with E-state index in [9.17, 15) is 9.59 Å². The average molecular weight is 376 g/mol. The van der Waals surface area contributed by atoms with E-state index in [-0.39, 0.29) is 0 Å². The molecule has 0 N–H and O–H groups in total. The van der Waals surface area contributed by atoms with E-state index in [2.05, 4.69) is 0 Å². The zero-order valence-corrected chi connectivity index (χ0v) is 16.9. The molecule has 0 aromatic carbocycles. The second-order valence-electron chi connectivity index (χ2n) is 6.45. The van der Waals surface area contributed by atoms with Gasteiger partial charge in [-0.25, -0.2) is 0 Å². The fraction of sp³-hybridized carbons (Fsp3) is 0.889. The number of ether oxygens (including phenoxy) is 1. The first kappa shape index (κ1) is 21.8. The molecule has 24 heavy (non-hydrogen) atoms. The van der Waals surface area contributed by atoms with Gasteiger partial charge in [0, 0.05) is 38.0 Å². The standard InChI is InChI=1S/C18H33NO3S2/c1-16(20)9-5-3-4-6-13-23-24-14-8-11-18(21)19-12-7-10-17(19)15-22-2/h17H,3-15H2,1-2H3. The van der Waals surface area contributed by atoms with Gasteiger partial charge in [-0.15, -0.1) is 0 Å². The topological polar surface area (TPSA) is 46.6 Å². The Morgan fingerprint density at radius 2 is 1.75 bits per heavy atom. The van der Waals surface area contributed by atoms with Gasteiger partial charge in [-0.3, -0.25) is 4.79 Å². The van der Waals surface area contributed by atoms with Gasteiger partial charge in [-0.2, -0.15) is 0 Å². The molecule has 0 aromatic rings. The van der Waals surface area contributed by atoms with Crippen LogP contribution in [0.25, 0.3) is 0 Å². The van der Waals surface area contributed by atoms with E-state index in [0.717, 1.165) is 50.8 Å². The number of hydrogen-bond acceptors (Lipinski definition) is 5. The third-order valence-corrected chi connectivity index (χ3v) is 6.84. The van der Waals surface area contributed by atoms with Crippen LogP contribution in [0.4, 0.5) is 0 Å². The molecule has 0 aromatic heterocycles. The molecular weight excluding hydrogens is 342 g/mol. The van der Waals surface area contributed by atoms with Crippen molar-refractivity contribution in [3.8, 4) is 0 Å². The Hall–Kier alpha value is -0.200. The molecule has 140 valence electrons. The van der Waals surface area contributed by atoms with Crippen molar-refractivity contribution >= 4 is 33.3 Å². The normalized spacial score (nSPS) is 17.4. The Bertz CT molecular complexity index is 366. The van der Waals surface area contributed by atoms with Gasteiger partial charge in [0.1, 0.15) is 5.78 Å². The van der Waals surface area contributed by atoms with Crippen LogP contribution in [0.15, 0.2) is 0 Å². The summed E-state index contributed by atoms with van der Waals surface area (Å²) >= 11 is 0. The molecule has 0 bridgehead atoms. The van der Waals surface area contributed by atoms with Crippen LogP contribution in [0.5, 0.6) is 0 Å². The second kappa shape index (κ2) is 14.0. The highest BCUT2D eigenvalue weighted by atomic mass is 33.1. The predicted molar refractivity (Wildman–Crippen MR) is 105 cm³/mol. The summed E-state index contributed by atoms with van der Waals surface area (Å²) in [6, 6.07) is 0.299. The molecule has 0 aliphatic carbocycles. The maximum absolute atomic E-state index is 12.2. The molecule has 0 radical (unpaired) electrons. The Morgan fingerprint density at radius 3 is 2.46 bits per heavy atom. The van der Waals surface area contributed by atoms with Crippen LogP contribution in [0.3, 0.4) is 0 Å². The SMILES string of the molecule is COCC1CCCN1C(=O)CCCSSCCCCCCC(C)=O. The minimum atomic E-state index is 0.297. The number of methoxy groups -OCH3 is 1. The summed E-state index contributed by atoms with van der Waals surface area (Å²) in [5.74, 6) is 2.81. The number of unbranched alkanes of at least 4 members (excludes halogenated alkanes) is 3. The van der Waals surface area contributed by atoms with Crippen LogP contribution < -0.4 is 0 Å². The Kier molecular flexibility index (Phi) is 12.8.